The Hall–Kier alpha value is -1.46. The number of nitrogens with one attached hydrogen (secondary N) is 1. The van der Waals surface area contributed by atoms with Crippen molar-refractivity contribution in [2.24, 2.45) is 5.73 Å². The van der Waals surface area contributed by atoms with Gasteiger partial charge in [-0.25, -0.2) is 4.39 Å². The topological polar surface area (TPSA) is 58.4 Å². The molecule has 1 heterocycles. The first kappa shape index (κ1) is 13.0. The minimum absolute atomic E-state index is 0.00361. The first-order valence-electron chi connectivity index (χ1n) is 6.12. The van der Waals surface area contributed by atoms with E-state index < -0.39 is 0 Å². The van der Waals surface area contributed by atoms with Crippen LogP contribution in [0.5, 0.6) is 0 Å². The Kier molecular flexibility index (Phi) is 3.93. The molecular weight excluding hydrogens is 233 g/mol. The number of carbonyl (C=O) groups is 1. The van der Waals surface area contributed by atoms with Crippen LogP contribution in [0.2, 0.25) is 0 Å². The van der Waals surface area contributed by atoms with E-state index in [1.54, 1.807) is 6.07 Å². The molecule has 5 heteroatoms. The average molecular weight is 251 g/mol. The van der Waals surface area contributed by atoms with Crippen molar-refractivity contribution in [1.82, 2.24) is 10.2 Å². The van der Waals surface area contributed by atoms with Gasteiger partial charge in [0.2, 0.25) is 5.91 Å². The quantitative estimate of drug-likeness (QED) is 0.829. The summed E-state index contributed by atoms with van der Waals surface area (Å²) in [4.78, 5) is 13.7. The number of hydrogen-bond acceptors (Lipinski definition) is 3. The molecule has 0 bridgehead atoms. The molecule has 0 aromatic heterocycles. The van der Waals surface area contributed by atoms with Gasteiger partial charge in [-0.1, -0.05) is 12.1 Å². The van der Waals surface area contributed by atoms with Crippen molar-refractivity contribution in [2.45, 2.75) is 19.0 Å². The first-order chi connectivity index (χ1) is 8.63. The molecule has 2 atom stereocenters. The van der Waals surface area contributed by atoms with Gasteiger partial charge in [-0.15, -0.1) is 0 Å². The third-order valence-electron chi connectivity index (χ3n) is 3.40. The highest BCUT2D eigenvalue weighted by Crippen LogP contribution is 2.23. The van der Waals surface area contributed by atoms with Crippen molar-refractivity contribution in [3.63, 3.8) is 0 Å². The number of halogens is 1. The molecule has 2 rings (SSSR count). The monoisotopic (exact) mass is 251 g/mol. The summed E-state index contributed by atoms with van der Waals surface area (Å²) in [5.74, 6) is -0.281. The van der Waals surface area contributed by atoms with E-state index in [2.05, 4.69) is 5.32 Å². The summed E-state index contributed by atoms with van der Waals surface area (Å²) in [5.41, 5.74) is 6.62. The number of hydrogen-bond donors (Lipinski definition) is 2. The fraction of sp³-hybridized carbons (Fsp3) is 0.462. The lowest BCUT2D eigenvalue weighted by Gasteiger charge is -2.38. The molecule has 1 aromatic carbocycles. The summed E-state index contributed by atoms with van der Waals surface area (Å²) >= 11 is 0. The Labute approximate surface area is 106 Å². The van der Waals surface area contributed by atoms with Crippen LogP contribution in [0, 0.1) is 5.82 Å². The van der Waals surface area contributed by atoms with Crippen LogP contribution in [0.25, 0.3) is 0 Å². The SMILES string of the molecule is CC1C(=O)NCCN1C(CN)c1cccc(F)c1. The van der Waals surface area contributed by atoms with Gasteiger partial charge < -0.3 is 11.1 Å². The van der Waals surface area contributed by atoms with E-state index in [9.17, 15) is 9.18 Å². The minimum atomic E-state index is -0.278. The molecule has 2 unspecified atom stereocenters. The summed E-state index contributed by atoms with van der Waals surface area (Å²) < 4.78 is 13.3. The van der Waals surface area contributed by atoms with Crippen LogP contribution >= 0.6 is 0 Å². The number of benzene rings is 1. The second-order valence-electron chi connectivity index (χ2n) is 4.51. The van der Waals surface area contributed by atoms with Crippen molar-refractivity contribution >= 4 is 5.91 Å². The van der Waals surface area contributed by atoms with E-state index in [1.165, 1.54) is 12.1 Å². The highest BCUT2D eigenvalue weighted by Gasteiger charge is 2.31. The molecule has 1 aromatic rings. The van der Waals surface area contributed by atoms with Crippen molar-refractivity contribution in [3.8, 4) is 0 Å². The molecule has 1 fully saturated rings. The van der Waals surface area contributed by atoms with Gasteiger partial charge in [-0.3, -0.25) is 9.69 Å². The summed E-state index contributed by atoms with van der Waals surface area (Å²) in [7, 11) is 0. The fourth-order valence-corrected chi connectivity index (χ4v) is 2.40. The Balaban J connectivity index is 2.25. The number of piperazine rings is 1. The molecule has 0 radical (unpaired) electrons. The van der Waals surface area contributed by atoms with Crippen LogP contribution in [0.3, 0.4) is 0 Å². The van der Waals surface area contributed by atoms with Gasteiger partial charge in [-0.2, -0.15) is 0 Å². The molecule has 1 saturated heterocycles. The third-order valence-corrected chi connectivity index (χ3v) is 3.40. The molecule has 1 aliphatic rings. The molecule has 0 spiro atoms. The Bertz CT molecular complexity index is 438. The van der Waals surface area contributed by atoms with Gasteiger partial charge in [-0.05, 0) is 24.6 Å². The Morgan fingerprint density at radius 3 is 3.06 bits per heavy atom. The second-order valence-corrected chi connectivity index (χ2v) is 4.51. The van der Waals surface area contributed by atoms with Crippen molar-refractivity contribution in [3.05, 3.63) is 35.6 Å². The van der Waals surface area contributed by atoms with E-state index in [0.717, 1.165) is 12.1 Å². The molecule has 3 N–H and O–H groups in total. The predicted molar refractivity (Wildman–Crippen MR) is 67.4 cm³/mol. The minimum Gasteiger partial charge on any atom is -0.353 e. The Morgan fingerprint density at radius 2 is 2.39 bits per heavy atom. The maximum atomic E-state index is 13.3. The smallest absolute Gasteiger partial charge is 0.237 e. The van der Waals surface area contributed by atoms with E-state index in [1.807, 2.05) is 17.9 Å². The van der Waals surface area contributed by atoms with E-state index in [0.29, 0.717) is 13.1 Å². The number of amides is 1. The molecule has 1 aliphatic heterocycles. The highest BCUT2D eigenvalue weighted by molar-refractivity contribution is 5.82. The molecule has 98 valence electrons. The van der Waals surface area contributed by atoms with Crippen LogP contribution in [-0.2, 0) is 4.79 Å². The van der Waals surface area contributed by atoms with Gasteiger partial charge in [0.15, 0.2) is 0 Å². The number of nitrogens with two attached hydrogens (primary N) is 1. The lowest BCUT2D eigenvalue weighted by molar-refractivity contribution is -0.129. The van der Waals surface area contributed by atoms with Crippen molar-refractivity contribution < 1.29 is 9.18 Å². The summed E-state index contributed by atoms with van der Waals surface area (Å²) in [6.45, 7) is 3.54. The zero-order valence-electron chi connectivity index (χ0n) is 10.4. The zero-order chi connectivity index (χ0) is 13.1. The van der Waals surface area contributed by atoms with Crippen LogP contribution < -0.4 is 11.1 Å². The summed E-state index contributed by atoms with van der Waals surface area (Å²) in [6.07, 6.45) is 0. The third kappa shape index (κ3) is 2.52. The lowest BCUT2D eigenvalue weighted by atomic mass is 10.0. The number of rotatable bonds is 3. The predicted octanol–water partition coefficient (Wildman–Crippen LogP) is 0.646. The van der Waals surface area contributed by atoms with Gasteiger partial charge in [0.1, 0.15) is 5.82 Å². The van der Waals surface area contributed by atoms with E-state index in [4.69, 9.17) is 5.73 Å². The Morgan fingerprint density at radius 1 is 1.61 bits per heavy atom. The van der Waals surface area contributed by atoms with Crippen molar-refractivity contribution in [1.29, 1.82) is 0 Å². The standard InChI is InChI=1S/C13H18FN3O/c1-9-13(18)16-5-6-17(9)12(8-15)10-3-2-4-11(14)7-10/h2-4,7,9,12H,5-6,8,15H2,1H3,(H,16,18). The second kappa shape index (κ2) is 5.46. The molecule has 0 aliphatic carbocycles. The van der Waals surface area contributed by atoms with Crippen LogP contribution in [0.15, 0.2) is 24.3 Å². The molecular formula is C13H18FN3O. The fourth-order valence-electron chi connectivity index (χ4n) is 2.40. The summed E-state index contributed by atoms with van der Waals surface area (Å²) in [6, 6.07) is 6.04. The van der Waals surface area contributed by atoms with E-state index in [-0.39, 0.29) is 23.8 Å². The largest absolute Gasteiger partial charge is 0.353 e. The van der Waals surface area contributed by atoms with Crippen LogP contribution in [-0.4, -0.2) is 36.5 Å². The van der Waals surface area contributed by atoms with Gasteiger partial charge >= 0.3 is 0 Å². The zero-order valence-corrected chi connectivity index (χ0v) is 10.4. The maximum absolute atomic E-state index is 13.3. The van der Waals surface area contributed by atoms with Gasteiger partial charge in [0, 0.05) is 25.7 Å². The van der Waals surface area contributed by atoms with E-state index >= 15 is 0 Å². The molecule has 4 nitrogen and oxygen atoms in total. The highest BCUT2D eigenvalue weighted by atomic mass is 19.1. The molecule has 1 amide bonds. The first-order valence-corrected chi connectivity index (χ1v) is 6.12. The molecule has 18 heavy (non-hydrogen) atoms. The van der Waals surface area contributed by atoms with Gasteiger partial charge in [0.25, 0.3) is 0 Å². The lowest BCUT2D eigenvalue weighted by Crippen LogP contribution is -2.55. The average Bonchev–Trinajstić information content (AvgIpc) is 2.35. The van der Waals surface area contributed by atoms with Gasteiger partial charge in [0.05, 0.1) is 6.04 Å². The van der Waals surface area contributed by atoms with Crippen LogP contribution in [0.1, 0.15) is 18.5 Å². The maximum Gasteiger partial charge on any atom is 0.237 e. The van der Waals surface area contributed by atoms with Crippen LogP contribution in [0.4, 0.5) is 4.39 Å². The number of nitrogens with zero attached hydrogens (tertiary/aromatic N) is 1. The normalized spacial score (nSPS) is 22.6. The molecule has 0 saturated carbocycles. The van der Waals surface area contributed by atoms with Crippen molar-refractivity contribution in [2.75, 3.05) is 19.6 Å². The number of carbonyl (C=O) groups excluding carboxylic acids is 1. The summed E-state index contributed by atoms with van der Waals surface area (Å²) in [5, 5.41) is 2.81.